The molecule has 17 heavy (non-hydrogen) atoms. The summed E-state index contributed by atoms with van der Waals surface area (Å²) in [4.78, 5) is 11.6. The number of methoxy groups -OCH3 is 1. The molecule has 5 heteroatoms. The maximum Gasteiger partial charge on any atom is 0.328 e. The molecule has 0 aromatic heterocycles. The van der Waals surface area contributed by atoms with Crippen LogP contribution < -0.4 is 15.8 Å². The number of ether oxygens (including phenoxy) is 2. The molecule has 0 saturated carbocycles. The first-order valence-electron chi connectivity index (χ1n) is 5.55. The number of nitrogen functional groups attached to an aromatic ring is 1. The second-order valence-electron chi connectivity index (χ2n) is 3.90. The fourth-order valence-corrected chi connectivity index (χ4v) is 1.98. The second kappa shape index (κ2) is 4.53. The van der Waals surface area contributed by atoms with E-state index in [0.717, 1.165) is 11.3 Å². The Bertz CT molecular complexity index is 446. The number of hydrogen-bond donors (Lipinski definition) is 2. The van der Waals surface area contributed by atoms with E-state index in [1.807, 2.05) is 6.07 Å². The van der Waals surface area contributed by atoms with Crippen molar-refractivity contribution in [1.82, 2.24) is 0 Å². The Morgan fingerprint density at radius 2 is 2.35 bits per heavy atom. The van der Waals surface area contributed by atoms with E-state index >= 15 is 0 Å². The molecule has 0 aliphatic carbocycles. The molecule has 0 bridgehead atoms. The Balaban J connectivity index is 2.21. The second-order valence-corrected chi connectivity index (χ2v) is 3.90. The van der Waals surface area contributed by atoms with Crippen LogP contribution in [0.3, 0.4) is 0 Å². The summed E-state index contributed by atoms with van der Waals surface area (Å²) in [6.45, 7) is 2.17. The SMILES string of the molecule is CCOC(=O)C1Cc2cc(OC)cc(N)c2N1. The van der Waals surface area contributed by atoms with Gasteiger partial charge in [0.2, 0.25) is 0 Å². The molecule has 1 aromatic rings. The van der Waals surface area contributed by atoms with Gasteiger partial charge in [0.25, 0.3) is 0 Å². The minimum atomic E-state index is -0.348. The summed E-state index contributed by atoms with van der Waals surface area (Å²) in [7, 11) is 1.59. The molecule has 5 nitrogen and oxygen atoms in total. The predicted octanol–water partition coefficient (Wildman–Crippen LogP) is 1.18. The van der Waals surface area contributed by atoms with Crippen molar-refractivity contribution in [3.05, 3.63) is 17.7 Å². The molecule has 1 unspecified atom stereocenters. The third-order valence-corrected chi connectivity index (χ3v) is 2.77. The minimum absolute atomic E-state index is 0.248. The van der Waals surface area contributed by atoms with Crippen molar-refractivity contribution in [3.63, 3.8) is 0 Å². The zero-order valence-corrected chi connectivity index (χ0v) is 9.95. The largest absolute Gasteiger partial charge is 0.497 e. The van der Waals surface area contributed by atoms with Crippen molar-refractivity contribution in [2.75, 3.05) is 24.8 Å². The van der Waals surface area contributed by atoms with Crippen LogP contribution in [-0.2, 0) is 16.0 Å². The fraction of sp³-hybridized carbons (Fsp3) is 0.417. The molecule has 0 radical (unpaired) electrons. The van der Waals surface area contributed by atoms with Gasteiger partial charge in [-0.3, -0.25) is 0 Å². The number of carbonyl (C=O) groups is 1. The fourth-order valence-electron chi connectivity index (χ4n) is 1.98. The highest BCUT2D eigenvalue weighted by molar-refractivity contribution is 5.86. The number of fused-ring (bicyclic) bond motifs is 1. The van der Waals surface area contributed by atoms with Crippen LogP contribution in [0.2, 0.25) is 0 Å². The third-order valence-electron chi connectivity index (χ3n) is 2.77. The Labute approximate surface area is 99.9 Å². The molecule has 1 aliphatic rings. The summed E-state index contributed by atoms with van der Waals surface area (Å²) >= 11 is 0. The van der Waals surface area contributed by atoms with E-state index in [1.165, 1.54) is 0 Å². The van der Waals surface area contributed by atoms with Crippen LogP contribution in [0.5, 0.6) is 5.75 Å². The van der Waals surface area contributed by atoms with E-state index in [-0.39, 0.29) is 12.0 Å². The lowest BCUT2D eigenvalue weighted by atomic mass is 10.1. The first-order chi connectivity index (χ1) is 8.15. The number of anilines is 2. The smallest absolute Gasteiger partial charge is 0.328 e. The van der Waals surface area contributed by atoms with Crippen molar-refractivity contribution in [1.29, 1.82) is 0 Å². The first kappa shape index (κ1) is 11.6. The minimum Gasteiger partial charge on any atom is -0.497 e. The molecule has 0 spiro atoms. The summed E-state index contributed by atoms with van der Waals surface area (Å²) < 4.78 is 10.1. The molecule has 0 saturated heterocycles. The highest BCUT2D eigenvalue weighted by atomic mass is 16.5. The van der Waals surface area contributed by atoms with Crippen molar-refractivity contribution >= 4 is 17.3 Å². The lowest BCUT2D eigenvalue weighted by molar-refractivity contribution is -0.143. The van der Waals surface area contributed by atoms with E-state index in [0.29, 0.717) is 24.5 Å². The number of esters is 1. The zero-order chi connectivity index (χ0) is 12.4. The number of rotatable bonds is 3. The summed E-state index contributed by atoms with van der Waals surface area (Å²) in [6, 6.07) is 3.27. The number of nitrogens with two attached hydrogens (primary N) is 1. The molecular weight excluding hydrogens is 220 g/mol. The van der Waals surface area contributed by atoms with Crippen LogP contribution in [-0.4, -0.2) is 25.7 Å². The van der Waals surface area contributed by atoms with Gasteiger partial charge in [-0.05, 0) is 18.6 Å². The van der Waals surface area contributed by atoms with E-state index in [1.54, 1.807) is 20.1 Å². The van der Waals surface area contributed by atoms with Crippen LogP contribution in [0.1, 0.15) is 12.5 Å². The highest BCUT2D eigenvalue weighted by Gasteiger charge is 2.29. The van der Waals surface area contributed by atoms with Gasteiger partial charge in [0.1, 0.15) is 11.8 Å². The lowest BCUT2D eigenvalue weighted by Crippen LogP contribution is -2.29. The Hall–Kier alpha value is -1.91. The summed E-state index contributed by atoms with van der Waals surface area (Å²) in [6.07, 6.45) is 0.579. The predicted molar refractivity (Wildman–Crippen MR) is 65.2 cm³/mol. The molecule has 1 aliphatic heterocycles. The maximum absolute atomic E-state index is 11.6. The lowest BCUT2D eigenvalue weighted by Gasteiger charge is -2.10. The third kappa shape index (κ3) is 2.13. The van der Waals surface area contributed by atoms with Crippen molar-refractivity contribution in [2.45, 2.75) is 19.4 Å². The van der Waals surface area contributed by atoms with Crippen LogP contribution in [0.4, 0.5) is 11.4 Å². The molecule has 2 rings (SSSR count). The Morgan fingerprint density at radius 3 is 3.00 bits per heavy atom. The van der Waals surface area contributed by atoms with Gasteiger partial charge in [-0.2, -0.15) is 0 Å². The molecular formula is C12H16N2O3. The summed E-state index contributed by atoms with van der Waals surface area (Å²) in [5, 5.41) is 3.08. The van der Waals surface area contributed by atoms with E-state index in [2.05, 4.69) is 5.32 Å². The van der Waals surface area contributed by atoms with Gasteiger partial charge in [0, 0.05) is 12.5 Å². The summed E-state index contributed by atoms with van der Waals surface area (Å²) in [5.41, 5.74) is 8.27. The van der Waals surface area contributed by atoms with Gasteiger partial charge in [-0.1, -0.05) is 0 Å². The molecule has 1 atom stereocenters. The van der Waals surface area contributed by atoms with Crippen LogP contribution in [0, 0.1) is 0 Å². The Morgan fingerprint density at radius 1 is 1.59 bits per heavy atom. The van der Waals surface area contributed by atoms with Crippen LogP contribution in [0.15, 0.2) is 12.1 Å². The zero-order valence-electron chi connectivity index (χ0n) is 9.95. The molecule has 3 N–H and O–H groups in total. The average molecular weight is 236 g/mol. The Kier molecular flexibility index (Phi) is 3.08. The topological polar surface area (TPSA) is 73.6 Å². The van der Waals surface area contributed by atoms with Crippen molar-refractivity contribution in [3.8, 4) is 5.75 Å². The van der Waals surface area contributed by atoms with E-state index < -0.39 is 0 Å². The molecule has 1 heterocycles. The molecule has 1 aromatic carbocycles. The highest BCUT2D eigenvalue weighted by Crippen LogP contribution is 2.35. The first-order valence-corrected chi connectivity index (χ1v) is 5.55. The van der Waals surface area contributed by atoms with Gasteiger partial charge in [0.05, 0.1) is 25.1 Å². The number of carbonyl (C=O) groups excluding carboxylic acids is 1. The number of hydrogen-bond acceptors (Lipinski definition) is 5. The van der Waals surface area contributed by atoms with Crippen LogP contribution in [0.25, 0.3) is 0 Å². The van der Waals surface area contributed by atoms with Gasteiger partial charge in [-0.15, -0.1) is 0 Å². The monoisotopic (exact) mass is 236 g/mol. The maximum atomic E-state index is 11.6. The molecule has 92 valence electrons. The van der Waals surface area contributed by atoms with E-state index in [4.69, 9.17) is 15.2 Å². The van der Waals surface area contributed by atoms with Crippen molar-refractivity contribution < 1.29 is 14.3 Å². The number of nitrogens with one attached hydrogen (secondary N) is 1. The molecule has 0 amide bonds. The summed E-state index contributed by atoms with van der Waals surface area (Å²) in [5.74, 6) is 0.453. The van der Waals surface area contributed by atoms with Gasteiger partial charge < -0.3 is 20.5 Å². The molecule has 0 fully saturated rings. The average Bonchev–Trinajstić information content (AvgIpc) is 2.73. The van der Waals surface area contributed by atoms with Gasteiger partial charge in [0.15, 0.2) is 0 Å². The van der Waals surface area contributed by atoms with Gasteiger partial charge >= 0.3 is 5.97 Å². The standard InChI is InChI=1S/C12H16N2O3/c1-3-17-12(15)10-5-7-4-8(16-2)6-9(13)11(7)14-10/h4,6,10,14H,3,5,13H2,1-2H3. The van der Waals surface area contributed by atoms with Gasteiger partial charge in [-0.25, -0.2) is 4.79 Å². The quantitative estimate of drug-likeness (QED) is 0.609. The van der Waals surface area contributed by atoms with Crippen LogP contribution >= 0.6 is 0 Å². The normalized spacial score (nSPS) is 17.2. The van der Waals surface area contributed by atoms with E-state index in [9.17, 15) is 4.79 Å². The number of benzene rings is 1. The van der Waals surface area contributed by atoms with Crippen molar-refractivity contribution in [2.24, 2.45) is 0 Å².